The number of hydrogen-bond acceptors (Lipinski definition) is 6. The zero-order chi connectivity index (χ0) is 19.6. The van der Waals surface area contributed by atoms with Crippen LogP contribution in [-0.4, -0.2) is 31.6 Å². The number of halogens is 5. The Morgan fingerprint density at radius 3 is 2.58 bits per heavy atom. The van der Waals surface area contributed by atoms with E-state index < -0.39 is 55.2 Å². The van der Waals surface area contributed by atoms with Crippen molar-refractivity contribution in [1.82, 2.24) is 14.7 Å². The second kappa shape index (κ2) is 7.76. The summed E-state index contributed by atoms with van der Waals surface area (Å²) >= 11 is 8.66. The van der Waals surface area contributed by atoms with Gasteiger partial charge in [0, 0.05) is 10.0 Å². The molecule has 140 valence electrons. The summed E-state index contributed by atoms with van der Waals surface area (Å²) in [7, 11) is -3.51. The standard InChI is InChI=1S/C13H8BrClF3N3O4S/c1-25-13(22)21-26(23,24)8-2-5(7(16)3-6(8)14)10-9(15)11(12(17)18)20-4-19-10/h2-4,12H,1H3,(H,21,22). The average molecular weight is 475 g/mol. The number of aromatic nitrogens is 2. The lowest BCUT2D eigenvalue weighted by Gasteiger charge is -2.12. The first-order chi connectivity index (χ1) is 12.1. The molecule has 0 saturated heterocycles. The summed E-state index contributed by atoms with van der Waals surface area (Å²) in [6.45, 7) is 0. The highest BCUT2D eigenvalue weighted by Crippen LogP contribution is 2.36. The molecule has 0 bridgehead atoms. The summed E-state index contributed by atoms with van der Waals surface area (Å²) in [5.41, 5.74) is -1.75. The van der Waals surface area contributed by atoms with Crippen LogP contribution >= 0.6 is 27.5 Å². The van der Waals surface area contributed by atoms with Gasteiger partial charge in [-0.2, -0.15) is 0 Å². The smallest absolute Gasteiger partial charge is 0.420 e. The largest absolute Gasteiger partial charge is 0.452 e. The molecule has 0 aliphatic rings. The van der Waals surface area contributed by atoms with E-state index in [1.165, 1.54) is 0 Å². The highest BCUT2D eigenvalue weighted by molar-refractivity contribution is 9.10. The van der Waals surface area contributed by atoms with Gasteiger partial charge in [0.1, 0.15) is 22.7 Å². The number of nitrogens with one attached hydrogen (secondary N) is 1. The second-order valence-electron chi connectivity index (χ2n) is 4.58. The van der Waals surface area contributed by atoms with Crippen molar-refractivity contribution in [1.29, 1.82) is 0 Å². The van der Waals surface area contributed by atoms with Crippen molar-refractivity contribution in [2.45, 2.75) is 11.3 Å². The third-order valence-corrected chi connectivity index (χ3v) is 5.64. The van der Waals surface area contributed by atoms with Crippen molar-refractivity contribution in [2.24, 2.45) is 0 Å². The van der Waals surface area contributed by atoms with Gasteiger partial charge in [0.15, 0.2) is 0 Å². The Hall–Kier alpha value is -1.92. The molecule has 0 aliphatic heterocycles. The number of sulfonamides is 1. The first-order valence-corrected chi connectivity index (χ1v) is 9.12. The van der Waals surface area contributed by atoms with Crippen LogP contribution in [0, 0.1) is 5.82 Å². The van der Waals surface area contributed by atoms with Crippen molar-refractivity contribution < 1.29 is 31.1 Å². The van der Waals surface area contributed by atoms with Crippen LogP contribution < -0.4 is 4.72 Å². The average Bonchev–Trinajstić information content (AvgIpc) is 2.54. The number of nitrogens with zero attached hydrogens (tertiary/aromatic N) is 2. The molecular formula is C13H8BrClF3N3O4S. The molecule has 0 unspecified atom stereocenters. The number of hydrogen-bond donors (Lipinski definition) is 1. The van der Waals surface area contributed by atoms with Crippen molar-refractivity contribution in [3.63, 3.8) is 0 Å². The SMILES string of the molecule is COC(=O)NS(=O)(=O)c1cc(-c2ncnc(C(F)F)c2Cl)c(F)cc1Br. The maximum absolute atomic E-state index is 14.3. The fourth-order valence-corrected chi connectivity index (χ4v) is 4.08. The molecule has 0 atom stereocenters. The quantitative estimate of drug-likeness (QED) is 0.726. The van der Waals surface area contributed by atoms with E-state index in [1.807, 2.05) is 0 Å². The molecule has 13 heteroatoms. The lowest BCUT2D eigenvalue weighted by atomic mass is 10.1. The van der Waals surface area contributed by atoms with Gasteiger partial charge >= 0.3 is 6.09 Å². The van der Waals surface area contributed by atoms with Gasteiger partial charge in [0.25, 0.3) is 16.4 Å². The number of alkyl halides is 2. The number of benzene rings is 1. The van der Waals surface area contributed by atoms with Gasteiger partial charge in [-0.3, -0.25) is 0 Å². The minimum atomic E-state index is -4.46. The van der Waals surface area contributed by atoms with E-state index >= 15 is 0 Å². The zero-order valence-electron chi connectivity index (χ0n) is 12.6. The first-order valence-electron chi connectivity index (χ1n) is 6.47. The molecule has 1 aromatic carbocycles. The minimum Gasteiger partial charge on any atom is -0.452 e. The minimum absolute atomic E-state index is 0.227. The molecule has 26 heavy (non-hydrogen) atoms. The molecule has 2 rings (SSSR count). The molecule has 1 amide bonds. The molecule has 2 aromatic rings. The predicted molar refractivity (Wildman–Crippen MR) is 87.8 cm³/mol. The number of methoxy groups -OCH3 is 1. The van der Waals surface area contributed by atoms with E-state index in [0.29, 0.717) is 0 Å². The van der Waals surface area contributed by atoms with Crippen molar-refractivity contribution in [3.8, 4) is 11.3 Å². The van der Waals surface area contributed by atoms with Gasteiger partial charge in [-0.25, -0.2) is 41.1 Å². The van der Waals surface area contributed by atoms with Crippen LogP contribution in [0.1, 0.15) is 12.1 Å². The highest BCUT2D eigenvalue weighted by atomic mass is 79.9. The fourth-order valence-electron chi connectivity index (χ4n) is 1.85. The van der Waals surface area contributed by atoms with E-state index in [1.54, 1.807) is 4.72 Å². The van der Waals surface area contributed by atoms with E-state index in [4.69, 9.17) is 11.6 Å². The monoisotopic (exact) mass is 473 g/mol. The summed E-state index contributed by atoms with van der Waals surface area (Å²) < 4.78 is 70.1. The van der Waals surface area contributed by atoms with Crippen LogP contribution in [-0.2, 0) is 14.8 Å². The summed E-state index contributed by atoms with van der Waals surface area (Å²) in [6, 6.07) is 1.55. The lowest BCUT2D eigenvalue weighted by Crippen LogP contribution is -2.30. The van der Waals surface area contributed by atoms with E-state index in [2.05, 4.69) is 30.6 Å². The Balaban J connectivity index is 2.67. The van der Waals surface area contributed by atoms with E-state index in [-0.39, 0.29) is 4.47 Å². The third-order valence-electron chi connectivity index (χ3n) is 2.99. The van der Waals surface area contributed by atoms with Crippen LogP contribution in [0.2, 0.25) is 5.02 Å². The van der Waals surface area contributed by atoms with Gasteiger partial charge in [0.2, 0.25) is 0 Å². The molecule has 7 nitrogen and oxygen atoms in total. The Kier molecular flexibility index (Phi) is 6.09. The van der Waals surface area contributed by atoms with E-state index in [0.717, 1.165) is 25.6 Å². The van der Waals surface area contributed by atoms with Gasteiger partial charge in [0.05, 0.1) is 17.8 Å². The highest BCUT2D eigenvalue weighted by Gasteiger charge is 2.26. The zero-order valence-corrected chi connectivity index (χ0v) is 15.8. The van der Waals surface area contributed by atoms with Gasteiger partial charge in [-0.1, -0.05) is 11.6 Å². The van der Waals surface area contributed by atoms with Crippen LogP contribution in [0.5, 0.6) is 0 Å². The van der Waals surface area contributed by atoms with Crippen LogP contribution in [0.15, 0.2) is 27.8 Å². The van der Waals surface area contributed by atoms with Gasteiger partial charge in [-0.15, -0.1) is 0 Å². The normalized spacial score (nSPS) is 11.5. The van der Waals surface area contributed by atoms with Crippen LogP contribution in [0.4, 0.5) is 18.0 Å². The summed E-state index contributed by atoms with van der Waals surface area (Å²) in [5, 5.41) is -0.631. The third kappa shape index (κ3) is 4.07. The Bertz CT molecular complexity index is 975. The second-order valence-corrected chi connectivity index (χ2v) is 7.46. The molecule has 0 radical (unpaired) electrons. The van der Waals surface area contributed by atoms with Crippen molar-refractivity contribution in [2.75, 3.05) is 7.11 Å². The molecule has 0 aliphatic carbocycles. The molecule has 0 fully saturated rings. The summed E-state index contributed by atoms with van der Waals surface area (Å²) in [5.74, 6) is -0.991. The molecule has 1 N–H and O–H groups in total. The Labute approximate surface area is 158 Å². The lowest BCUT2D eigenvalue weighted by molar-refractivity contribution is 0.146. The molecular weight excluding hydrogens is 467 g/mol. The molecule has 1 aromatic heterocycles. The Morgan fingerprint density at radius 2 is 2.00 bits per heavy atom. The summed E-state index contributed by atoms with van der Waals surface area (Å²) in [6.07, 6.45) is -3.58. The molecule has 1 heterocycles. The molecule has 0 spiro atoms. The molecule has 0 saturated carbocycles. The van der Waals surface area contributed by atoms with Crippen molar-refractivity contribution >= 4 is 43.6 Å². The predicted octanol–water partition coefficient (Wildman–Crippen LogP) is 3.68. The number of rotatable bonds is 4. The van der Waals surface area contributed by atoms with Crippen LogP contribution in [0.25, 0.3) is 11.3 Å². The summed E-state index contributed by atoms with van der Waals surface area (Å²) in [4.78, 5) is 17.6. The maximum atomic E-state index is 14.3. The number of amides is 1. The van der Waals surface area contributed by atoms with Crippen LogP contribution in [0.3, 0.4) is 0 Å². The maximum Gasteiger partial charge on any atom is 0.420 e. The number of carbonyl (C=O) groups is 1. The fraction of sp³-hybridized carbons (Fsp3) is 0.154. The van der Waals surface area contributed by atoms with Crippen molar-refractivity contribution in [3.05, 3.63) is 39.5 Å². The van der Waals surface area contributed by atoms with Gasteiger partial charge in [-0.05, 0) is 28.1 Å². The Morgan fingerprint density at radius 1 is 1.35 bits per heavy atom. The topological polar surface area (TPSA) is 98.2 Å². The number of ether oxygens (including phenoxy) is 1. The number of carbonyl (C=O) groups excluding carboxylic acids is 1. The van der Waals surface area contributed by atoms with E-state index in [9.17, 15) is 26.4 Å². The van der Waals surface area contributed by atoms with Gasteiger partial charge < -0.3 is 4.74 Å². The first kappa shape index (κ1) is 20.4.